The number of hydrogen-bond acceptors (Lipinski definition) is 2. The van der Waals surface area contributed by atoms with Gasteiger partial charge >= 0.3 is 6.03 Å². The number of piperazine rings is 1. The second-order valence-corrected chi connectivity index (χ2v) is 6.77. The highest BCUT2D eigenvalue weighted by Gasteiger charge is 2.21. The summed E-state index contributed by atoms with van der Waals surface area (Å²) >= 11 is 0. The zero-order valence-corrected chi connectivity index (χ0v) is 14.3. The molecule has 1 aromatic carbocycles. The number of nitrogens with zero attached hydrogens (tertiary/aromatic N) is 2. The standard InChI is InChI=1S/C19H26FN3O/c1-15(16-4-2-3-5-16)14-21-19(24)23-12-10-22(11-13-23)18-8-6-17(20)7-9-18/h6-9,14,16H,2-5,10-13H2,1H3,(H,21,24)/b15-14+. The van der Waals surface area contributed by atoms with Crippen molar-refractivity contribution in [1.82, 2.24) is 10.2 Å². The molecule has 1 saturated carbocycles. The molecule has 1 saturated heterocycles. The summed E-state index contributed by atoms with van der Waals surface area (Å²) in [6.07, 6.45) is 6.98. The van der Waals surface area contributed by atoms with Gasteiger partial charge in [-0.15, -0.1) is 0 Å². The molecular weight excluding hydrogens is 305 g/mol. The third-order valence-corrected chi connectivity index (χ3v) is 5.18. The molecule has 0 spiro atoms. The van der Waals surface area contributed by atoms with Crippen molar-refractivity contribution in [2.75, 3.05) is 31.1 Å². The molecule has 1 heterocycles. The van der Waals surface area contributed by atoms with E-state index in [1.165, 1.54) is 43.4 Å². The number of urea groups is 1. The molecule has 1 N–H and O–H groups in total. The van der Waals surface area contributed by atoms with E-state index < -0.39 is 0 Å². The average Bonchev–Trinajstić information content (AvgIpc) is 3.15. The van der Waals surface area contributed by atoms with Gasteiger partial charge < -0.3 is 15.1 Å². The number of nitrogens with one attached hydrogen (secondary N) is 1. The van der Waals surface area contributed by atoms with Gasteiger partial charge in [0.05, 0.1) is 0 Å². The number of rotatable bonds is 3. The maximum atomic E-state index is 13.0. The lowest BCUT2D eigenvalue weighted by Crippen LogP contribution is -2.51. The Labute approximate surface area is 143 Å². The summed E-state index contributed by atoms with van der Waals surface area (Å²) in [5.74, 6) is 0.418. The summed E-state index contributed by atoms with van der Waals surface area (Å²) in [4.78, 5) is 16.3. The monoisotopic (exact) mass is 331 g/mol. The highest BCUT2D eigenvalue weighted by atomic mass is 19.1. The van der Waals surface area contributed by atoms with Gasteiger partial charge in [-0.3, -0.25) is 0 Å². The quantitative estimate of drug-likeness (QED) is 0.915. The number of hydrogen-bond donors (Lipinski definition) is 1. The minimum Gasteiger partial charge on any atom is -0.368 e. The number of carbonyl (C=O) groups excluding carboxylic acids is 1. The van der Waals surface area contributed by atoms with Crippen LogP contribution in [-0.2, 0) is 0 Å². The van der Waals surface area contributed by atoms with Crippen LogP contribution in [0.4, 0.5) is 14.9 Å². The van der Waals surface area contributed by atoms with Crippen LogP contribution in [0.5, 0.6) is 0 Å². The molecule has 0 aromatic heterocycles. The van der Waals surface area contributed by atoms with E-state index in [2.05, 4.69) is 17.1 Å². The Morgan fingerprint density at radius 1 is 1.12 bits per heavy atom. The first-order valence-electron chi connectivity index (χ1n) is 8.86. The second kappa shape index (κ2) is 7.69. The lowest BCUT2D eigenvalue weighted by Gasteiger charge is -2.35. The summed E-state index contributed by atoms with van der Waals surface area (Å²) in [6, 6.07) is 6.51. The average molecular weight is 331 g/mol. The van der Waals surface area contributed by atoms with Crippen LogP contribution in [0, 0.1) is 11.7 Å². The van der Waals surface area contributed by atoms with Gasteiger partial charge in [-0.05, 0) is 49.9 Å². The van der Waals surface area contributed by atoms with Crippen molar-refractivity contribution in [2.24, 2.45) is 5.92 Å². The van der Waals surface area contributed by atoms with Gasteiger partial charge in [0, 0.05) is 38.1 Å². The van der Waals surface area contributed by atoms with Crippen molar-refractivity contribution in [2.45, 2.75) is 32.6 Å². The third kappa shape index (κ3) is 4.08. The minimum atomic E-state index is -0.221. The van der Waals surface area contributed by atoms with Crippen molar-refractivity contribution in [3.63, 3.8) is 0 Å². The largest absolute Gasteiger partial charge is 0.368 e. The van der Waals surface area contributed by atoms with E-state index in [9.17, 15) is 9.18 Å². The molecule has 2 aliphatic rings. The van der Waals surface area contributed by atoms with Crippen molar-refractivity contribution in [3.8, 4) is 0 Å². The Balaban J connectivity index is 1.48. The molecule has 3 rings (SSSR count). The Morgan fingerprint density at radius 3 is 2.38 bits per heavy atom. The SMILES string of the molecule is C/C(=C\NC(=O)N1CCN(c2ccc(F)cc2)CC1)C1CCCC1. The molecule has 1 aliphatic heterocycles. The van der Waals surface area contributed by atoms with E-state index in [1.54, 1.807) is 12.1 Å². The van der Waals surface area contributed by atoms with Gasteiger partial charge in [0.1, 0.15) is 5.82 Å². The predicted molar refractivity (Wildman–Crippen MR) is 94.4 cm³/mol. The summed E-state index contributed by atoms with van der Waals surface area (Å²) in [5.41, 5.74) is 2.29. The van der Waals surface area contributed by atoms with Crippen LogP contribution >= 0.6 is 0 Å². The van der Waals surface area contributed by atoms with E-state index in [4.69, 9.17) is 0 Å². The second-order valence-electron chi connectivity index (χ2n) is 6.77. The Bertz CT molecular complexity index is 585. The fraction of sp³-hybridized carbons (Fsp3) is 0.526. The van der Waals surface area contributed by atoms with Crippen molar-refractivity contribution < 1.29 is 9.18 Å². The number of amides is 2. The predicted octanol–water partition coefficient (Wildman–Crippen LogP) is 3.75. The molecule has 4 nitrogen and oxygen atoms in total. The van der Waals surface area contributed by atoms with Crippen LogP contribution < -0.4 is 10.2 Å². The molecule has 5 heteroatoms. The fourth-order valence-corrected chi connectivity index (χ4v) is 3.59. The van der Waals surface area contributed by atoms with Crippen LogP contribution in [0.2, 0.25) is 0 Å². The van der Waals surface area contributed by atoms with E-state index in [1.807, 2.05) is 11.1 Å². The smallest absolute Gasteiger partial charge is 0.321 e. The van der Waals surface area contributed by atoms with Crippen LogP contribution in [-0.4, -0.2) is 37.1 Å². The number of benzene rings is 1. The zero-order valence-electron chi connectivity index (χ0n) is 14.3. The fourth-order valence-electron chi connectivity index (χ4n) is 3.59. The Hall–Kier alpha value is -2.04. The maximum absolute atomic E-state index is 13.0. The van der Waals surface area contributed by atoms with Gasteiger partial charge in [-0.1, -0.05) is 18.4 Å². The van der Waals surface area contributed by atoms with Crippen LogP contribution in [0.15, 0.2) is 36.0 Å². The first-order valence-corrected chi connectivity index (χ1v) is 8.86. The number of carbonyl (C=O) groups is 1. The van der Waals surface area contributed by atoms with Crippen molar-refractivity contribution >= 4 is 11.7 Å². The van der Waals surface area contributed by atoms with Crippen LogP contribution in [0.25, 0.3) is 0 Å². The summed E-state index contributed by atoms with van der Waals surface area (Å²) < 4.78 is 13.0. The number of anilines is 1. The van der Waals surface area contributed by atoms with Gasteiger partial charge in [-0.25, -0.2) is 9.18 Å². The highest BCUT2D eigenvalue weighted by molar-refractivity contribution is 5.75. The van der Waals surface area contributed by atoms with Gasteiger partial charge in [0.2, 0.25) is 0 Å². The lowest BCUT2D eigenvalue weighted by atomic mass is 10.0. The first kappa shape index (κ1) is 16.8. The molecule has 2 amide bonds. The van der Waals surface area contributed by atoms with E-state index in [0.717, 1.165) is 18.8 Å². The van der Waals surface area contributed by atoms with Gasteiger partial charge in [0.15, 0.2) is 0 Å². The molecule has 24 heavy (non-hydrogen) atoms. The number of halogens is 1. The van der Waals surface area contributed by atoms with E-state index in [0.29, 0.717) is 19.0 Å². The Morgan fingerprint density at radius 2 is 1.75 bits per heavy atom. The Kier molecular flexibility index (Phi) is 5.38. The molecule has 0 radical (unpaired) electrons. The first-order chi connectivity index (χ1) is 11.6. The molecule has 0 atom stereocenters. The maximum Gasteiger partial charge on any atom is 0.321 e. The van der Waals surface area contributed by atoms with E-state index >= 15 is 0 Å². The lowest BCUT2D eigenvalue weighted by molar-refractivity contribution is 0.198. The van der Waals surface area contributed by atoms with Crippen molar-refractivity contribution in [1.29, 1.82) is 0 Å². The van der Waals surface area contributed by atoms with Gasteiger partial charge in [0.25, 0.3) is 0 Å². The van der Waals surface area contributed by atoms with Crippen LogP contribution in [0.3, 0.4) is 0 Å². The molecule has 2 fully saturated rings. The van der Waals surface area contributed by atoms with Gasteiger partial charge in [-0.2, -0.15) is 0 Å². The summed E-state index contributed by atoms with van der Waals surface area (Å²) in [5, 5.41) is 2.95. The topological polar surface area (TPSA) is 35.6 Å². The third-order valence-electron chi connectivity index (χ3n) is 5.18. The molecular formula is C19H26FN3O. The highest BCUT2D eigenvalue weighted by Crippen LogP contribution is 2.30. The van der Waals surface area contributed by atoms with Crippen LogP contribution in [0.1, 0.15) is 32.6 Å². The summed E-state index contributed by atoms with van der Waals surface area (Å²) in [6.45, 7) is 5.01. The molecule has 0 bridgehead atoms. The minimum absolute atomic E-state index is 0.0221. The zero-order chi connectivity index (χ0) is 16.9. The number of allylic oxidation sites excluding steroid dienone is 1. The molecule has 0 unspecified atom stereocenters. The van der Waals surface area contributed by atoms with E-state index in [-0.39, 0.29) is 11.8 Å². The van der Waals surface area contributed by atoms with Crippen molar-refractivity contribution in [3.05, 3.63) is 41.9 Å². The normalized spacial score (nSPS) is 19.7. The molecule has 130 valence electrons. The molecule has 1 aromatic rings. The molecule has 1 aliphatic carbocycles. The summed E-state index contributed by atoms with van der Waals surface area (Å²) in [7, 11) is 0.